The number of nitrogens with two attached hydrogens (primary N) is 1. The van der Waals surface area contributed by atoms with Gasteiger partial charge in [0.1, 0.15) is 11.1 Å². The van der Waals surface area contributed by atoms with Gasteiger partial charge in [0.2, 0.25) is 0 Å². The normalized spacial score (nSPS) is 10.3. The highest BCUT2D eigenvalue weighted by atomic mass is 16.5. The summed E-state index contributed by atoms with van der Waals surface area (Å²) in [5.41, 5.74) is 5.52. The van der Waals surface area contributed by atoms with Crippen LogP contribution >= 0.6 is 0 Å². The molecule has 0 aliphatic rings. The molecule has 0 saturated heterocycles. The molecule has 5 heteroatoms. The first-order valence-corrected chi connectivity index (χ1v) is 4.53. The molecule has 0 spiro atoms. The smallest absolute Gasteiger partial charge is 0.351 e. The highest BCUT2D eigenvalue weighted by molar-refractivity contribution is 5.93. The average molecular weight is 219 g/mol. The standard InChI is InChI=1S/C11H9NO4/c1-15-10(13)8-4-6-2-3-7(12)5-9(6)16-11(8)14/h2-5H,12H2,1H3. The molecule has 82 valence electrons. The van der Waals surface area contributed by atoms with Gasteiger partial charge < -0.3 is 14.9 Å². The number of nitrogen functional groups attached to an aromatic ring is 1. The maximum atomic E-state index is 11.4. The number of benzene rings is 1. The van der Waals surface area contributed by atoms with Gasteiger partial charge in [-0.3, -0.25) is 0 Å². The van der Waals surface area contributed by atoms with Gasteiger partial charge in [0.25, 0.3) is 0 Å². The van der Waals surface area contributed by atoms with E-state index in [1.165, 1.54) is 19.2 Å². The van der Waals surface area contributed by atoms with Crippen LogP contribution in [0.1, 0.15) is 10.4 Å². The van der Waals surface area contributed by atoms with Gasteiger partial charge in [-0.1, -0.05) is 0 Å². The topological polar surface area (TPSA) is 82.5 Å². The monoisotopic (exact) mass is 219 g/mol. The zero-order valence-corrected chi connectivity index (χ0v) is 8.52. The Bertz CT molecular complexity index is 615. The van der Waals surface area contributed by atoms with Gasteiger partial charge in [-0.25, -0.2) is 9.59 Å². The van der Waals surface area contributed by atoms with Crippen LogP contribution in [0.5, 0.6) is 0 Å². The number of hydrogen-bond donors (Lipinski definition) is 1. The number of carbonyl (C=O) groups is 1. The van der Waals surface area contributed by atoms with Crippen LogP contribution < -0.4 is 11.4 Å². The van der Waals surface area contributed by atoms with Crippen LogP contribution in [0.2, 0.25) is 0 Å². The molecule has 0 atom stereocenters. The van der Waals surface area contributed by atoms with E-state index in [1.54, 1.807) is 12.1 Å². The summed E-state index contributed by atoms with van der Waals surface area (Å²) in [7, 11) is 1.20. The molecule has 0 aliphatic heterocycles. The molecule has 0 bridgehead atoms. The van der Waals surface area contributed by atoms with Crippen LogP contribution in [0.15, 0.2) is 33.5 Å². The molecule has 0 aliphatic carbocycles. The van der Waals surface area contributed by atoms with E-state index >= 15 is 0 Å². The summed E-state index contributed by atoms with van der Waals surface area (Å²) in [5.74, 6) is -0.715. The van der Waals surface area contributed by atoms with E-state index < -0.39 is 11.6 Å². The Morgan fingerprint density at radius 1 is 1.38 bits per heavy atom. The molecule has 2 N–H and O–H groups in total. The summed E-state index contributed by atoms with van der Waals surface area (Å²) in [6, 6.07) is 6.27. The van der Waals surface area contributed by atoms with E-state index in [2.05, 4.69) is 4.74 Å². The lowest BCUT2D eigenvalue weighted by Crippen LogP contribution is -2.14. The minimum absolute atomic E-state index is 0.125. The Kier molecular flexibility index (Phi) is 2.36. The van der Waals surface area contributed by atoms with Crippen molar-refractivity contribution >= 4 is 22.6 Å². The number of fused-ring (bicyclic) bond motifs is 1. The molecule has 0 unspecified atom stereocenters. The van der Waals surface area contributed by atoms with Gasteiger partial charge in [0, 0.05) is 17.1 Å². The van der Waals surface area contributed by atoms with Crippen molar-refractivity contribution < 1.29 is 13.9 Å². The molecule has 1 aromatic carbocycles. The number of anilines is 1. The van der Waals surface area contributed by atoms with E-state index in [4.69, 9.17) is 10.2 Å². The first-order chi connectivity index (χ1) is 7.61. The Balaban J connectivity index is 2.72. The van der Waals surface area contributed by atoms with Crippen molar-refractivity contribution in [2.45, 2.75) is 0 Å². The highest BCUT2D eigenvalue weighted by Gasteiger charge is 2.13. The lowest BCUT2D eigenvalue weighted by atomic mass is 10.2. The van der Waals surface area contributed by atoms with Gasteiger partial charge in [-0.2, -0.15) is 0 Å². The Morgan fingerprint density at radius 3 is 2.81 bits per heavy atom. The molecule has 2 aromatic rings. The number of methoxy groups -OCH3 is 1. The maximum absolute atomic E-state index is 11.4. The fraction of sp³-hybridized carbons (Fsp3) is 0.0909. The fourth-order valence-electron chi connectivity index (χ4n) is 1.38. The van der Waals surface area contributed by atoms with E-state index in [1.807, 2.05) is 0 Å². The van der Waals surface area contributed by atoms with E-state index in [0.29, 0.717) is 16.7 Å². The molecule has 0 saturated carbocycles. The molecule has 0 radical (unpaired) electrons. The first kappa shape index (κ1) is 10.2. The molecule has 1 aromatic heterocycles. The van der Waals surface area contributed by atoms with Crippen LogP contribution in [0, 0.1) is 0 Å². The second kappa shape index (κ2) is 3.69. The van der Waals surface area contributed by atoms with Crippen molar-refractivity contribution in [3.05, 3.63) is 40.2 Å². The summed E-state index contributed by atoms with van der Waals surface area (Å²) >= 11 is 0. The SMILES string of the molecule is COC(=O)c1cc2ccc(N)cc2oc1=O. The van der Waals surface area contributed by atoms with Crippen LogP contribution in [0.4, 0.5) is 5.69 Å². The second-order valence-corrected chi connectivity index (χ2v) is 3.24. The number of rotatable bonds is 1. The van der Waals surface area contributed by atoms with Crippen LogP contribution in [0.25, 0.3) is 11.0 Å². The van der Waals surface area contributed by atoms with Gasteiger partial charge in [-0.05, 0) is 18.2 Å². The minimum Gasteiger partial charge on any atom is -0.465 e. The van der Waals surface area contributed by atoms with Crippen LogP contribution in [-0.2, 0) is 4.74 Å². The molecule has 0 amide bonds. The van der Waals surface area contributed by atoms with E-state index in [9.17, 15) is 9.59 Å². The summed E-state index contributed by atoms with van der Waals surface area (Å²) in [6.45, 7) is 0. The van der Waals surface area contributed by atoms with Crippen molar-refractivity contribution in [1.82, 2.24) is 0 Å². The lowest BCUT2D eigenvalue weighted by molar-refractivity contribution is 0.0596. The predicted octanol–water partition coefficient (Wildman–Crippen LogP) is 1.16. The molecular formula is C11H9NO4. The zero-order valence-electron chi connectivity index (χ0n) is 8.52. The highest BCUT2D eigenvalue weighted by Crippen LogP contribution is 2.16. The van der Waals surface area contributed by atoms with Crippen LogP contribution in [0.3, 0.4) is 0 Å². The third-order valence-corrected chi connectivity index (χ3v) is 2.17. The quantitative estimate of drug-likeness (QED) is 0.442. The van der Waals surface area contributed by atoms with Crippen LogP contribution in [-0.4, -0.2) is 13.1 Å². The predicted molar refractivity (Wildman–Crippen MR) is 58.2 cm³/mol. The number of carbonyl (C=O) groups excluding carboxylic acids is 1. The largest absolute Gasteiger partial charge is 0.465 e. The summed E-state index contributed by atoms with van der Waals surface area (Å²) in [5, 5.41) is 0.620. The number of hydrogen-bond acceptors (Lipinski definition) is 5. The van der Waals surface area contributed by atoms with Gasteiger partial charge in [0.05, 0.1) is 7.11 Å². The average Bonchev–Trinajstić information content (AvgIpc) is 2.27. The first-order valence-electron chi connectivity index (χ1n) is 4.53. The van der Waals surface area contributed by atoms with Gasteiger partial charge in [0.15, 0.2) is 0 Å². The zero-order chi connectivity index (χ0) is 11.7. The Labute approximate surface area is 90.4 Å². The van der Waals surface area contributed by atoms with E-state index in [0.717, 1.165) is 0 Å². The fourth-order valence-corrected chi connectivity index (χ4v) is 1.38. The van der Waals surface area contributed by atoms with Gasteiger partial charge >= 0.3 is 11.6 Å². The minimum atomic E-state index is -0.732. The molecule has 5 nitrogen and oxygen atoms in total. The Morgan fingerprint density at radius 2 is 2.12 bits per heavy atom. The van der Waals surface area contributed by atoms with Gasteiger partial charge in [-0.15, -0.1) is 0 Å². The summed E-state index contributed by atoms with van der Waals surface area (Å²) in [6.07, 6.45) is 0. The molecule has 1 heterocycles. The van der Waals surface area contributed by atoms with Crippen molar-refractivity contribution in [2.24, 2.45) is 0 Å². The number of ether oxygens (including phenoxy) is 1. The molecule has 16 heavy (non-hydrogen) atoms. The Hall–Kier alpha value is -2.30. The molecular weight excluding hydrogens is 210 g/mol. The van der Waals surface area contributed by atoms with Crippen molar-refractivity contribution in [2.75, 3.05) is 12.8 Å². The summed E-state index contributed by atoms with van der Waals surface area (Å²) < 4.78 is 9.43. The summed E-state index contributed by atoms with van der Waals surface area (Å²) in [4.78, 5) is 22.7. The number of esters is 1. The molecule has 2 rings (SSSR count). The van der Waals surface area contributed by atoms with E-state index in [-0.39, 0.29) is 5.56 Å². The van der Waals surface area contributed by atoms with Crippen molar-refractivity contribution in [3.8, 4) is 0 Å². The maximum Gasteiger partial charge on any atom is 0.351 e. The third-order valence-electron chi connectivity index (χ3n) is 2.17. The second-order valence-electron chi connectivity index (χ2n) is 3.24. The van der Waals surface area contributed by atoms with Crippen molar-refractivity contribution in [3.63, 3.8) is 0 Å². The van der Waals surface area contributed by atoms with Crippen molar-refractivity contribution in [1.29, 1.82) is 0 Å². The molecule has 0 fully saturated rings. The third kappa shape index (κ3) is 1.63. The lowest BCUT2D eigenvalue weighted by Gasteiger charge is -2.01.